The number of hydrogen-bond acceptors (Lipinski definition) is 4. The Balaban J connectivity index is 2.17. The molecule has 0 fully saturated rings. The molecular weight excluding hydrogens is 396 g/mol. The van der Waals surface area contributed by atoms with E-state index in [0.29, 0.717) is 11.2 Å². The van der Waals surface area contributed by atoms with E-state index < -0.39 is 0 Å². The summed E-state index contributed by atoms with van der Waals surface area (Å²) in [5, 5.41) is 21.9. The maximum Gasteiger partial charge on any atom is 0.141 e. The van der Waals surface area contributed by atoms with Crippen molar-refractivity contribution in [1.29, 1.82) is 0 Å². The zero-order valence-corrected chi connectivity index (χ0v) is 19.4. The van der Waals surface area contributed by atoms with Crippen molar-refractivity contribution in [3.63, 3.8) is 0 Å². The van der Waals surface area contributed by atoms with Crippen molar-refractivity contribution < 1.29 is 10.2 Å². The van der Waals surface area contributed by atoms with Gasteiger partial charge in [-0.05, 0) is 38.0 Å². The Morgan fingerprint density at radius 2 is 1.59 bits per heavy atom. The van der Waals surface area contributed by atoms with Gasteiger partial charge in [-0.25, -0.2) is 4.98 Å². The minimum atomic E-state index is -0.377. The summed E-state index contributed by atoms with van der Waals surface area (Å²) in [5.74, 6) is 0.359. The van der Waals surface area contributed by atoms with Gasteiger partial charge in [-0.3, -0.25) is 4.99 Å². The molecule has 0 saturated heterocycles. The number of aromatic nitrogens is 1. The van der Waals surface area contributed by atoms with Crippen molar-refractivity contribution in [2.45, 2.75) is 64.7 Å². The Morgan fingerprint density at radius 3 is 2.28 bits per heavy atom. The van der Waals surface area contributed by atoms with Crippen molar-refractivity contribution in [3.05, 3.63) is 65.9 Å². The summed E-state index contributed by atoms with van der Waals surface area (Å²) in [7, 11) is 0. The lowest BCUT2D eigenvalue weighted by Gasteiger charge is -2.30. The third-order valence-electron chi connectivity index (χ3n) is 5.99. The fraction of sp³-hybridized carbons (Fsp3) is 0.357. The molecule has 0 saturated carbocycles. The first-order valence-corrected chi connectivity index (χ1v) is 11.6. The van der Waals surface area contributed by atoms with E-state index in [-0.39, 0.29) is 16.9 Å². The Kier molecular flexibility index (Phi) is 8.04. The molecule has 3 aromatic rings. The summed E-state index contributed by atoms with van der Waals surface area (Å²) in [5.41, 5.74) is 2.62. The van der Waals surface area contributed by atoms with E-state index in [4.69, 9.17) is 9.98 Å². The highest BCUT2D eigenvalue weighted by molar-refractivity contribution is 5.86. The largest absolute Gasteiger partial charge is 0.506 e. The summed E-state index contributed by atoms with van der Waals surface area (Å²) in [4.78, 5) is 9.78. The summed E-state index contributed by atoms with van der Waals surface area (Å²) in [6.45, 7) is 6.33. The molecular formula is C28H34N2O2. The number of allylic oxidation sites excluding steroid dienone is 1. The van der Waals surface area contributed by atoms with Crippen molar-refractivity contribution in [3.8, 4) is 11.5 Å². The number of phenolic OH excluding ortho intramolecular Hbond substituents is 2. The molecule has 0 atom stereocenters. The molecule has 2 aromatic carbocycles. The standard InChI is InChI=1S/C28H34N2O2/c1-4-7-18-28(19-8-5-2,20-29-26-21(11-6-3)12-9-14-23(26)31)25-17-16-22-13-10-15-24(32)27(22)30-25/h6,9-17,20,31-32H,4-5,7-8,18-19H2,1-3H3/b11-6-,29-20?. The zero-order valence-electron chi connectivity index (χ0n) is 19.4. The lowest BCUT2D eigenvalue weighted by Crippen LogP contribution is -2.29. The lowest BCUT2D eigenvalue weighted by molar-refractivity contribution is 0.444. The van der Waals surface area contributed by atoms with Crippen LogP contribution in [0.25, 0.3) is 17.0 Å². The van der Waals surface area contributed by atoms with Gasteiger partial charge in [0.15, 0.2) is 0 Å². The Labute approximate surface area is 191 Å². The predicted octanol–water partition coefficient (Wildman–Crippen LogP) is 7.70. The van der Waals surface area contributed by atoms with Crippen LogP contribution in [0.3, 0.4) is 0 Å². The van der Waals surface area contributed by atoms with Gasteiger partial charge in [0.25, 0.3) is 0 Å². The molecule has 3 rings (SSSR count). The molecule has 0 amide bonds. The Hall–Kier alpha value is -3.14. The molecule has 0 aliphatic carbocycles. The van der Waals surface area contributed by atoms with Crippen LogP contribution in [-0.4, -0.2) is 21.4 Å². The van der Waals surface area contributed by atoms with Gasteiger partial charge >= 0.3 is 0 Å². The van der Waals surface area contributed by atoms with Crippen LogP contribution in [0.2, 0.25) is 0 Å². The third kappa shape index (κ3) is 5.18. The smallest absolute Gasteiger partial charge is 0.141 e. The molecule has 4 heteroatoms. The number of benzene rings is 2. The summed E-state index contributed by atoms with van der Waals surface area (Å²) >= 11 is 0. The number of phenols is 2. The van der Waals surface area contributed by atoms with E-state index >= 15 is 0 Å². The van der Waals surface area contributed by atoms with Crippen LogP contribution in [0.5, 0.6) is 11.5 Å². The van der Waals surface area contributed by atoms with E-state index in [1.807, 2.05) is 55.6 Å². The van der Waals surface area contributed by atoms with Crippen LogP contribution in [0, 0.1) is 0 Å². The van der Waals surface area contributed by atoms with Gasteiger partial charge in [0, 0.05) is 22.6 Å². The van der Waals surface area contributed by atoms with Crippen LogP contribution in [0.15, 0.2) is 59.6 Å². The Bertz CT molecular complexity index is 1090. The van der Waals surface area contributed by atoms with E-state index in [0.717, 1.165) is 55.2 Å². The summed E-state index contributed by atoms with van der Waals surface area (Å²) in [6, 6.07) is 15.0. The molecule has 0 bridgehead atoms. The molecule has 32 heavy (non-hydrogen) atoms. The van der Waals surface area contributed by atoms with Crippen LogP contribution in [0.1, 0.15) is 70.6 Å². The van der Waals surface area contributed by atoms with Crippen LogP contribution in [-0.2, 0) is 5.41 Å². The van der Waals surface area contributed by atoms with Gasteiger partial charge in [0.05, 0.1) is 5.69 Å². The zero-order chi connectivity index (χ0) is 23.0. The van der Waals surface area contributed by atoms with Crippen molar-refractivity contribution in [2.75, 3.05) is 0 Å². The topological polar surface area (TPSA) is 65.7 Å². The number of para-hydroxylation sites is 2. The summed E-state index contributed by atoms with van der Waals surface area (Å²) in [6.07, 6.45) is 11.9. The second kappa shape index (κ2) is 10.9. The first-order chi connectivity index (χ1) is 15.5. The first-order valence-electron chi connectivity index (χ1n) is 11.6. The van der Waals surface area contributed by atoms with Crippen LogP contribution >= 0.6 is 0 Å². The summed E-state index contributed by atoms with van der Waals surface area (Å²) < 4.78 is 0. The molecule has 168 valence electrons. The first kappa shape index (κ1) is 23.5. The second-order valence-electron chi connectivity index (χ2n) is 8.38. The number of unbranched alkanes of at least 4 members (excludes halogenated alkanes) is 2. The van der Waals surface area contributed by atoms with Crippen LogP contribution < -0.4 is 0 Å². The van der Waals surface area contributed by atoms with E-state index in [1.54, 1.807) is 12.1 Å². The SMILES string of the molecule is C/C=C\c1cccc(O)c1N=CC(CCCC)(CCCC)c1ccc2cccc(O)c2n1. The van der Waals surface area contributed by atoms with Crippen molar-refractivity contribution >= 4 is 28.9 Å². The van der Waals surface area contributed by atoms with E-state index in [1.165, 1.54) is 0 Å². The van der Waals surface area contributed by atoms with Gasteiger partial charge < -0.3 is 10.2 Å². The highest BCUT2D eigenvalue weighted by Crippen LogP contribution is 2.38. The average molecular weight is 431 g/mol. The minimum Gasteiger partial charge on any atom is -0.506 e. The quantitative estimate of drug-likeness (QED) is 0.324. The van der Waals surface area contributed by atoms with Crippen LogP contribution in [0.4, 0.5) is 5.69 Å². The molecule has 1 aromatic heterocycles. The lowest BCUT2D eigenvalue weighted by atomic mass is 9.76. The maximum absolute atomic E-state index is 10.5. The van der Waals surface area contributed by atoms with Gasteiger partial charge in [-0.2, -0.15) is 0 Å². The van der Waals surface area contributed by atoms with Gasteiger partial charge in [0.1, 0.15) is 22.7 Å². The number of pyridine rings is 1. The number of aliphatic imine (C=N–C) groups is 1. The maximum atomic E-state index is 10.5. The number of aromatic hydroxyl groups is 2. The molecule has 0 aliphatic heterocycles. The third-order valence-corrected chi connectivity index (χ3v) is 5.99. The molecule has 2 N–H and O–H groups in total. The van der Waals surface area contributed by atoms with Gasteiger partial charge in [-0.1, -0.05) is 82.0 Å². The number of hydrogen-bond donors (Lipinski definition) is 2. The molecule has 1 heterocycles. The van der Waals surface area contributed by atoms with Crippen molar-refractivity contribution in [1.82, 2.24) is 4.98 Å². The predicted molar refractivity (Wildman–Crippen MR) is 135 cm³/mol. The number of nitrogens with zero attached hydrogens (tertiary/aromatic N) is 2. The normalized spacial score (nSPS) is 12.3. The van der Waals surface area contributed by atoms with Gasteiger partial charge in [-0.15, -0.1) is 0 Å². The molecule has 0 radical (unpaired) electrons. The minimum absolute atomic E-state index is 0.167. The fourth-order valence-electron chi connectivity index (χ4n) is 4.16. The van der Waals surface area contributed by atoms with Crippen molar-refractivity contribution in [2.24, 2.45) is 4.99 Å². The molecule has 0 spiro atoms. The van der Waals surface area contributed by atoms with E-state index in [9.17, 15) is 10.2 Å². The average Bonchev–Trinajstić information content (AvgIpc) is 2.80. The molecule has 0 aliphatic rings. The number of rotatable bonds is 10. The molecule has 0 unspecified atom stereocenters. The highest BCUT2D eigenvalue weighted by Gasteiger charge is 2.31. The molecule has 4 nitrogen and oxygen atoms in total. The highest BCUT2D eigenvalue weighted by atomic mass is 16.3. The number of fused-ring (bicyclic) bond motifs is 1. The second-order valence-corrected chi connectivity index (χ2v) is 8.38. The Morgan fingerprint density at radius 1 is 0.906 bits per heavy atom. The van der Waals surface area contributed by atoms with E-state index in [2.05, 4.69) is 19.9 Å². The monoisotopic (exact) mass is 430 g/mol. The fourth-order valence-corrected chi connectivity index (χ4v) is 4.16. The van der Waals surface area contributed by atoms with Gasteiger partial charge in [0.2, 0.25) is 0 Å².